The van der Waals surface area contributed by atoms with Gasteiger partial charge in [0.05, 0.1) is 30.4 Å². The summed E-state index contributed by atoms with van der Waals surface area (Å²) >= 11 is 0. The molecule has 0 amide bonds. The van der Waals surface area contributed by atoms with E-state index in [1.807, 2.05) is 43.3 Å². The van der Waals surface area contributed by atoms with E-state index < -0.39 is 0 Å². The molecule has 8 nitrogen and oxygen atoms in total. The molecular formula is C19H17N7O. The lowest BCUT2D eigenvalue weighted by molar-refractivity contribution is 0.414. The van der Waals surface area contributed by atoms with Crippen LogP contribution in [0.5, 0.6) is 5.75 Å². The van der Waals surface area contributed by atoms with Crippen molar-refractivity contribution >= 4 is 16.9 Å². The van der Waals surface area contributed by atoms with Gasteiger partial charge in [-0.2, -0.15) is 10.2 Å². The van der Waals surface area contributed by atoms with Crippen LogP contribution in [0.15, 0.2) is 71.5 Å². The maximum absolute atomic E-state index is 5.28. The van der Waals surface area contributed by atoms with Crippen LogP contribution in [0.4, 0.5) is 5.82 Å². The molecule has 0 saturated heterocycles. The van der Waals surface area contributed by atoms with E-state index in [9.17, 15) is 0 Å². The number of hydrogen-bond donors (Lipinski definition) is 0. The molecule has 0 aliphatic carbocycles. The quantitative estimate of drug-likeness (QED) is 0.501. The number of rotatable bonds is 5. The van der Waals surface area contributed by atoms with Gasteiger partial charge >= 0.3 is 0 Å². The van der Waals surface area contributed by atoms with Gasteiger partial charge in [0.2, 0.25) is 0 Å². The summed E-state index contributed by atoms with van der Waals surface area (Å²) in [4.78, 5) is 12.6. The third-order valence-corrected chi connectivity index (χ3v) is 4.16. The van der Waals surface area contributed by atoms with E-state index in [1.165, 1.54) is 6.33 Å². The predicted octanol–water partition coefficient (Wildman–Crippen LogP) is 4.06. The molecule has 1 unspecified atom stereocenters. The van der Waals surface area contributed by atoms with Gasteiger partial charge in [0.1, 0.15) is 12.1 Å². The first-order valence-corrected chi connectivity index (χ1v) is 8.40. The Balaban J connectivity index is 1.69. The summed E-state index contributed by atoms with van der Waals surface area (Å²) in [7, 11) is 1.63. The lowest BCUT2D eigenvalue weighted by atomic mass is 10.1. The number of nitrogens with zero attached hydrogens (tertiary/aromatic N) is 7. The molecule has 0 spiro atoms. The highest BCUT2D eigenvalue weighted by atomic mass is 16.5. The van der Waals surface area contributed by atoms with E-state index in [2.05, 4.69) is 30.3 Å². The summed E-state index contributed by atoms with van der Waals surface area (Å²) in [5.74, 6) is 1.23. The highest BCUT2D eigenvalue weighted by Crippen LogP contribution is 2.26. The number of fused-ring (bicyclic) bond motifs is 1. The molecule has 0 saturated carbocycles. The third-order valence-electron chi connectivity index (χ3n) is 4.16. The van der Waals surface area contributed by atoms with E-state index in [0.717, 1.165) is 22.4 Å². The van der Waals surface area contributed by atoms with Crippen molar-refractivity contribution in [2.75, 3.05) is 7.11 Å². The Morgan fingerprint density at radius 3 is 2.78 bits per heavy atom. The zero-order valence-corrected chi connectivity index (χ0v) is 14.9. The summed E-state index contributed by atoms with van der Waals surface area (Å²) in [5, 5.41) is 13.9. The number of ether oxygens (including phenoxy) is 1. The zero-order chi connectivity index (χ0) is 18.6. The third kappa shape index (κ3) is 3.37. The maximum atomic E-state index is 5.28. The molecule has 0 fully saturated rings. The summed E-state index contributed by atoms with van der Waals surface area (Å²) in [6.07, 6.45) is 6.64. The van der Waals surface area contributed by atoms with Crippen LogP contribution in [0.2, 0.25) is 0 Å². The van der Waals surface area contributed by atoms with Gasteiger partial charge < -0.3 is 4.74 Å². The van der Waals surface area contributed by atoms with Crippen LogP contribution in [-0.4, -0.2) is 31.8 Å². The van der Waals surface area contributed by atoms with Crippen LogP contribution in [0.1, 0.15) is 18.5 Å². The van der Waals surface area contributed by atoms with E-state index >= 15 is 0 Å². The van der Waals surface area contributed by atoms with Crippen molar-refractivity contribution < 1.29 is 4.74 Å². The van der Waals surface area contributed by atoms with E-state index in [4.69, 9.17) is 4.74 Å². The van der Waals surface area contributed by atoms with Crippen LogP contribution in [-0.2, 0) is 0 Å². The second-order valence-electron chi connectivity index (χ2n) is 5.86. The maximum Gasteiger partial charge on any atom is 0.188 e. The minimum Gasteiger partial charge on any atom is -0.497 e. The molecule has 1 aromatic carbocycles. The molecule has 3 heterocycles. The molecule has 4 aromatic rings. The Kier molecular flexibility index (Phi) is 4.52. The average Bonchev–Trinajstić information content (AvgIpc) is 3.17. The molecule has 0 aliphatic rings. The van der Waals surface area contributed by atoms with Crippen LogP contribution < -0.4 is 4.74 Å². The normalized spacial score (nSPS) is 12.5. The highest BCUT2D eigenvalue weighted by molar-refractivity contribution is 5.85. The SMILES string of the molecule is COc1cccc(-n2ncc3c(N=NC(C)c4ccncc4)ncnc32)c1. The van der Waals surface area contributed by atoms with Crippen molar-refractivity contribution in [1.82, 2.24) is 24.7 Å². The van der Waals surface area contributed by atoms with Gasteiger partial charge in [-0.05, 0) is 36.8 Å². The monoisotopic (exact) mass is 359 g/mol. The van der Waals surface area contributed by atoms with Crippen LogP contribution in [0.25, 0.3) is 16.7 Å². The molecule has 8 heteroatoms. The number of pyridine rings is 1. The second kappa shape index (κ2) is 7.28. The number of azo groups is 1. The summed E-state index contributed by atoms with van der Waals surface area (Å²) < 4.78 is 7.01. The Bertz CT molecular complexity index is 1090. The number of benzene rings is 1. The highest BCUT2D eigenvalue weighted by Gasteiger charge is 2.12. The molecule has 0 radical (unpaired) electrons. The molecule has 27 heavy (non-hydrogen) atoms. The van der Waals surface area contributed by atoms with Gasteiger partial charge in [-0.25, -0.2) is 14.6 Å². The topological polar surface area (TPSA) is 90.4 Å². The molecule has 1 atom stereocenters. The largest absolute Gasteiger partial charge is 0.497 e. The number of methoxy groups -OCH3 is 1. The molecule has 0 bridgehead atoms. The molecular weight excluding hydrogens is 342 g/mol. The van der Waals surface area contributed by atoms with Gasteiger partial charge in [-0.15, -0.1) is 5.11 Å². The van der Waals surface area contributed by atoms with Crippen LogP contribution in [0, 0.1) is 0 Å². The first-order chi connectivity index (χ1) is 13.3. The smallest absolute Gasteiger partial charge is 0.188 e. The molecule has 4 rings (SSSR count). The molecule has 0 aliphatic heterocycles. The van der Waals surface area contributed by atoms with E-state index in [0.29, 0.717) is 11.5 Å². The van der Waals surface area contributed by atoms with Crippen molar-refractivity contribution in [3.63, 3.8) is 0 Å². The Labute approximate surface area is 155 Å². The molecule has 134 valence electrons. The minimum absolute atomic E-state index is 0.105. The Morgan fingerprint density at radius 1 is 1.11 bits per heavy atom. The van der Waals surface area contributed by atoms with Crippen molar-refractivity contribution in [2.24, 2.45) is 10.2 Å². The minimum atomic E-state index is -0.105. The van der Waals surface area contributed by atoms with Gasteiger partial charge in [-0.1, -0.05) is 6.07 Å². The van der Waals surface area contributed by atoms with Crippen LogP contribution >= 0.6 is 0 Å². The van der Waals surface area contributed by atoms with Gasteiger partial charge in [0, 0.05) is 18.5 Å². The molecule has 0 N–H and O–H groups in total. The lowest BCUT2D eigenvalue weighted by Gasteiger charge is -2.05. The first kappa shape index (κ1) is 16.8. The standard InChI is InChI=1S/C19H17N7O/c1-13(14-6-8-20-9-7-14)24-25-18-17-11-23-26(19(17)22-12-21-18)15-4-3-5-16(10-15)27-2/h3-13H,1-2H3. The van der Waals surface area contributed by atoms with E-state index in [1.54, 1.807) is 30.4 Å². The van der Waals surface area contributed by atoms with Crippen molar-refractivity contribution in [1.29, 1.82) is 0 Å². The number of aromatic nitrogens is 5. The van der Waals surface area contributed by atoms with Gasteiger partial charge in [-0.3, -0.25) is 4.98 Å². The Morgan fingerprint density at radius 2 is 1.96 bits per heavy atom. The average molecular weight is 359 g/mol. The Hall–Kier alpha value is -3.68. The fourth-order valence-corrected chi connectivity index (χ4v) is 2.69. The number of hydrogen-bond acceptors (Lipinski definition) is 7. The van der Waals surface area contributed by atoms with E-state index in [-0.39, 0.29) is 6.04 Å². The zero-order valence-electron chi connectivity index (χ0n) is 14.9. The van der Waals surface area contributed by atoms with Gasteiger partial charge in [0.15, 0.2) is 11.5 Å². The predicted molar refractivity (Wildman–Crippen MR) is 100 cm³/mol. The fraction of sp³-hybridized carbons (Fsp3) is 0.158. The first-order valence-electron chi connectivity index (χ1n) is 8.40. The van der Waals surface area contributed by atoms with Crippen molar-refractivity contribution in [3.05, 3.63) is 66.9 Å². The van der Waals surface area contributed by atoms with Crippen molar-refractivity contribution in [3.8, 4) is 11.4 Å². The fourth-order valence-electron chi connectivity index (χ4n) is 2.69. The lowest BCUT2D eigenvalue weighted by Crippen LogP contribution is -1.98. The van der Waals surface area contributed by atoms with Crippen LogP contribution in [0.3, 0.4) is 0 Å². The van der Waals surface area contributed by atoms with Crippen molar-refractivity contribution in [2.45, 2.75) is 13.0 Å². The van der Waals surface area contributed by atoms with Gasteiger partial charge in [0.25, 0.3) is 0 Å². The summed E-state index contributed by atoms with van der Waals surface area (Å²) in [6, 6.07) is 11.3. The second-order valence-corrected chi connectivity index (χ2v) is 5.86. The summed E-state index contributed by atoms with van der Waals surface area (Å²) in [6.45, 7) is 1.97. The molecule has 3 aromatic heterocycles. The summed E-state index contributed by atoms with van der Waals surface area (Å²) in [5.41, 5.74) is 2.53.